The summed E-state index contributed by atoms with van der Waals surface area (Å²) in [6, 6.07) is 5.93. The van der Waals surface area contributed by atoms with E-state index in [1.54, 1.807) is 18.1 Å². The van der Waals surface area contributed by atoms with Crippen LogP contribution >= 0.6 is 45.2 Å². The second-order valence-electron chi connectivity index (χ2n) is 4.68. The lowest BCUT2D eigenvalue weighted by molar-refractivity contribution is -0.125. The molecule has 1 heterocycles. The first kappa shape index (κ1) is 16.5. The number of nitrogens with zero attached hydrogens (tertiary/aromatic N) is 2. The lowest BCUT2D eigenvalue weighted by Gasteiger charge is -2.14. The molecule has 1 saturated heterocycles. The molecule has 1 aliphatic rings. The highest BCUT2D eigenvalue weighted by Gasteiger charge is 2.22. The topological polar surface area (TPSA) is 53.3 Å². The predicted octanol–water partition coefficient (Wildman–Crippen LogP) is 3.43. The highest BCUT2D eigenvalue weighted by atomic mass is 127. The van der Waals surface area contributed by atoms with E-state index in [2.05, 4.69) is 45.2 Å². The largest absolute Gasteiger partial charge is 0.495 e. The summed E-state index contributed by atoms with van der Waals surface area (Å²) in [5, 5.41) is 9.31. The molecule has 0 atom stereocenters. The monoisotopic (exact) mass is 508 g/mol. The first-order chi connectivity index (χ1) is 10.1. The number of ether oxygens (including phenoxy) is 1. The lowest BCUT2D eigenvalue weighted by atomic mass is 10.1. The Bertz CT molecular complexity index is 629. The van der Waals surface area contributed by atoms with Crippen LogP contribution in [-0.2, 0) is 4.79 Å². The average molecular weight is 508 g/mol. The van der Waals surface area contributed by atoms with Crippen LogP contribution in [0.3, 0.4) is 0 Å². The van der Waals surface area contributed by atoms with Crippen molar-refractivity contribution in [2.45, 2.75) is 12.8 Å². The molecule has 2 rings (SSSR count). The Morgan fingerprint density at radius 3 is 2.62 bits per heavy atom. The van der Waals surface area contributed by atoms with Crippen molar-refractivity contribution in [2.24, 2.45) is 0 Å². The van der Waals surface area contributed by atoms with Crippen molar-refractivity contribution in [3.63, 3.8) is 0 Å². The molecule has 0 N–H and O–H groups in total. The Labute approximate surface area is 151 Å². The number of carbonyl (C=O) groups excluding carboxylic acids is 1. The summed E-state index contributed by atoms with van der Waals surface area (Å²) in [6.45, 7) is 1.47. The summed E-state index contributed by atoms with van der Waals surface area (Å²) in [4.78, 5) is 14.1. The van der Waals surface area contributed by atoms with Crippen molar-refractivity contribution in [3.05, 3.63) is 30.4 Å². The van der Waals surface area contributed by atoms with Crippen molar-refractivity contribution in [1.29, 1.82) is 5.26 Å². The third kappa shape index (κ3) is 3.88. The van der Waals surface area contributed by atoms with E-state index in [0.717, 1.165) is 38.6 Å². The molecule has 0 saturated carbocycles. The summed E-state index contributed by atoms with van der Waals surface area (Å²) in [7, 11) is 1.59. The van der Waals surface area contributed by atoms with Gasteiger partial charge in [-0.25, -0.2) is 0 Å². The molecule has 0 bridgehead atoms. The van der Waals surface area contributed by atoms with Crippen LogP contribution in [0, 0.1) is 18.5 Å². The van der Waals surface area contributed by atoms with Gasteiger partial charge in [0.2, 0.25) is 0 Å². The molecule has 1 amide bonds. The Morgan fingerprint density at radius 1 is 1.38 bits per heavy atom. The fraction of sp³-hybridized carbons (Fsp3) is 0.333. The van der Waals surface area contributed by atoms with Crippen molar-refractivity contribution in [2.75, 3.05) is 20.2 Å². The van der Waals surface area contributed by atoms with Crippen LogP contribution in [0.4, 0.5) is 0 Å². The minimum Gasteiger partial charge on any atom is -0.495 e. The van der Waals surface area contributed by atoms with Crippen LogP contribution in [0.2, 0.25) is 0 Å². The third-order valence-corrected chi connectivity index (χ3v) is 4.71. The molecular formula is C15H14I2N2O2. The van der Waals surface area contributed by atoms with E-state index in [1.165, 1.54) is 0 Å². The zero-order valence-electron chi connectivity index (χ0n) is 11.5. The van der Waals surface area contributed by atoms with E-state index in [1.807, 2.05) is 18.2 Å². The zero-order valence-corrected chi connectivity index (χ0v) is 15.8. The standard InChI is InChI=1S/C15H14I2N2O2/c1-21-14-10(7-12(16)8-13(14)17)6-11(9-18)15(20)19-4-2-3-5-19/h6-8H,2-5H2,1H3/b11-6+. The van der Waals surface area contributed by atoms with Crippen LogP contribution in [0.1, 0.15) is 18.4 Å². The van der Waals surface area contributed by atoms with E-state index >= 15 is 0 Å². The van der Waals surface area contributed by atoms with E-state index < -0.39 is 0 Å². The maximum Gasteiger partial charge on any atom is 0.264 e. The molecule has 1 aromatic rings. The van der Waals surface area contributed by atoms with Crippen molar-refractivity contribution in [1.82, 2.24) is 4.90 Å². The second kappa shape index (κ2) is 7.45. The van der Waals surface area contributed by atoms with Gasteiger partial charge in [-0.15, -0.1) is 0 Å². The number of amides is 1. The van der Waals surface area contributed by atoms with Gasteiger partial charge in [0.15, 0.2) is 0 Å². The smallest absolute Gasteiger partial charge is 0.264 e. The van der Waals surface area contributed by atoms with Gasteiger partial charge < -0.3 is 9.64 Å². The summed E-state index contributed by atoms with van der Waals surface area (Å²) < 4.78 is 7.39. The zero-order chi connectivity index (χ0) is 15.4. The van der Waals surface area contributed by atoms with Gasteiger partial charge in [-0.3, -0.25) is 4.79 Å². The molecule has 6 heteroatoms. The number of nitriles is 1. The number of hydrogen-bond acceptors (Lipinski definition) is 3. The Hall–Kier alpha value is -0.820. The van der Waals surface area contributed by atoms with Gasteiger partial charge in [0.05, 0.1) is 10.7 Å². The molecule has 110 valence electrons. The molecule has 1 aromatic carbocycles. The van der Waals surface area contributed by atoms with Crippen LogP contribution in [0.5, 0.6) is 5.75 Å². The molecular weight excluding hydrogens is 494 g/mol. The van der Waals surface area contributed by atoms with Gasteiger partial charge in [-0.1, -0.05) is 0 Å². The van der Waals surface area contributed by atoms with E-state index in [9.17, 15) is 10.1 Å². The first-order valence-corrected chi connectivity index (χ1v) is 8.66. The van der Waals surface area contributed by atoms with E-state index in [0.29, 0.717) is 5.75 Å². The number of hydrogen-bond donors (Lipinski definition) is 0. The van der Waals surface area contributed by atoms with E-state index in [4.69, 9.17) is 4.74 Å². The predicted molar refractivity (Wildman–Crippen MR) is 97.8 cm³/mol. The number of likely N-dealkylation sites (tertiary alicyclic amines) is 1. The van der Waals surface area contributed by atoms with Crippen molar-refractivity contribution >= 4 is 57.2 Å². The number of carbonyl (C=O) groups is 1. The lowest BCUT2D eigenvalue weighted by Crippen LogP contribution is -2.28. The molecule has 0 aromatic heterocycles. The average Bonchev–Trinajstić information content (AvgIpc) is 2.97. The second-order valence-corrected chi connectivity index (χ2v) is 7.09. The Morgan fingerprint density at radius 2 is 2.05 bits per heavy atom. The maximum atomic E-state index is 12.3. The highest BCUT2D eigenvalue weighted by molar-refractivity contribution is 14.1. The fourth-order valence-corrected chi connectivity index (χ4v) is 4.40. The summed E-state index contributed by atoms with van der Waals surface area (Å²) >= 11 is 4.40. The van der Waals surface area contributed by atoms with Crippen LogP contribution in [0.15, 0.2) is 17.7 Å². The molecule has 0 unspecified atom stereocenters. The van der Waals surface area contributed by atoms with Gasteiger partial charge in [-0.05, 0) is 76.2 Å². The molecule has 0 spiro atoms. The third-order valence-electron chi connectivity index (χ3n) is 3.29. The minimum atomic E-state index is -0.189. The summed E-state index contributed by atoms with van der Waals surface area (Å²) in [5.41, 5.74) is 0.922. The molecule has 0 radical (unpaired) electrons. The van der Waals surface area contributed by atoms with Crippen molar-refractivity contribution < 1.29 is 9.53 Å². The fourth-order valence-electron chi connectivity index (χ4n) is 2.29. The number of methoxy groups -OCH3 is 1. The molecule has 0 aliphatic carbocycles. The molecule has 21 heavy (non-hydrogen) atoms. The summed E-state index contributed by atoms with van der Waals surface area (Å²) in [5.74, 6) is 0.504. The SMILES string of the molecule is COc1c(I)cc(I)cc1/C=C(\C#N)C(=O)N1CCCC1. The van der Waals surface area contributed by atoms with Gasteiger partial charge in [0.1, 0.15) is 17.4 Å². The van der Waals surface area contributed by atoms with Crippen LogP contribution in [-0.4, -0.2) is 31.0 Å². The van der Waals surface area contributed by atoms with Gasteiger partial charge in [-0.2, -0.15) is 5.26 Å². The molecule has 1 fully saturated rings. The van der Waals surface area contributed by atoms with Crippen LogP contribution < -0.4 is 4.74 Å². The Kier molecular flexibility index (Phi) is 5.87. The normalized spacial score (nSPS) is 15.0. The van der Waals surface area contributed by atoms with Gasteiger partial charge in [0, 0.05) is 22.2 Å². The first-order valence-electron chi connectivity index (χ1n) is 6.51. The minimum absolute atomic E-state index is 0.160. The number of rotatable bonds is 3. The number of halogens is 2. The molecule has 1 aliphatic heterocycles. The van der Waals surface area contributed by atoms with E-state index in [-0.39, 0.29) is 11.5 Å². The van der Waals surface area contributed by atoms with Gasteiger partial charge in [0.25, 0.3) is 5.91 Å². The van der Waals surface area contributed by atoms with Crippen molar-refractivity contribution in [3.8, 4) is 11.8 Å². The quantitative estimate of drug-likeness (QED) is 0.358. The highest BCUT2D eigenvalue weighted by Crippen LogP contribution is 2.30. The van der Waals surface area contributed by atoms with Crippen LogP contribution in [0.25, 0.3) is 6.08 Å². The molecule has 4 nitrogen and oxygen atoms in total. The number of benzene rings is 1. The van der Waals surface area contributed by atoms with Gasteiger partial charge >= 0.3 is 0 Å². The maximum absolute atomic E-state index is 12.3. The summed E-state index contributed by atoms with van der Waals surface area (Å²) in [6.07, 6.45) is 3.65. The Balaban J connectivity index is 2.40.